The number of amides is 1. The molecule has 1 fully saturated rings. The topological polar surface area (TPSA) is 66.5 Å². The van der Waals surface area contributed by atoms with E-state index in [1.807, 2.05) is 0 Å². The molecule has 0 unspecified atom stereocenters. The zero-order chi connectivity index (χ0) is 15.5. The van der Waals surface area contributed by atoms with E-state index >= 15 is 0 Å². The van der Waals surface area contributed by atoms with Gasteiger partial charge >= 0.3 is 0 Å². The molecule has 0 radical (unpaired) electrons. The van der Waals surface area contributed by atoms with Crippen LogP contribution in [0, 0.1) is 0 Å². The summed E-state index contributed by atoms with van der Waals surface area (Å²) in [6, 6.07) is 5.57. The van der Waals surface area contributed by atoms with Gasteiger partial charge in [-0.1, -0.05) is 15.9 Å². The third kappa shape index (κ3) is 4.28. The molecule has 1 heterocycles. The van der Waals surface area contributed by atoms with E-state index < -0.39 is 16.1 Å². The number of halogens is 1. The molecule has 21 heavy (non-hydrogen) atoms. The maximum Gasteiger partial charge on any atom is 0.241 e. The third-order valence-corrected chi connectivity index (χ3v) is 5.58. The summed E-state index contributed by atoms with van der Waals surface area (Å²) in [5.41, 5.74) is 0. The van der Waals surface area contributed by atoms with Gasteiger partial charge in [-0.05, 0) is 50.5 Å². The van der Waals surface area contributed by atoms with Crippen molar-refractivity contribution in [2.45, 2.75) is 37.1 Å². The average molecular weight is 375 g/mol. The van der Waals surface area contributed by atoms with Crippen LogP contribution in [0.1, 0.15) is 26.2 Å². The summed E-state index contributed by atoms with van der Waals surface area (Å²) in [6.45, 7) is 3.01. The van der Waals surface area contributed by atoms with Gasteiger partial charge in [0.05, 0.1) is 10.9 Å². The van der Waals surface area contributed by atoms with E-state index in [9.17, 15) is 13.2 Å². The highest BCUT2D eigenvalue weighted by Crippen LogP contribution is 2.16. The molecule has 1 aliphatic heterocycles. The molecule has 1 aliphatic rings. The zero-order valence-corrected chi connectivity index (χ0v) is 14.3. The van der Waals surface area contributed by atoms with Crippen LogP contribution in [-0.2, 0) is 14.8 Å². The Kier molecular flexibility index (Phi) is 5.40. The lowest BCUT2D eigenvalue weighted by molar-refractivity contribution is -0.133. The Morgan fingerprint density at radius 2 is 1.76 bits per heavy atom. The Balaban J connectivity index is 2.05. The van der Waals surface area contributed by atoms with Gasteiger partial charge in [-0.15, -0.1) is 0 Å². The molecule has 116 valence electrons. The molecule has 0 spiro atoms. The van der Waals surface area contributed by atoms with Crippen LogP contribution in [0.4, 0.5) is 0 Å². The number of nitrogens with one attached hydrogen (secondary N) is 1. The molecule has 1 aromatic rings. The van der Waals surface area contributed by atoms with Crippen LogP contribution < -0.4 is 4.72 Å². The summed E-state index contributed by atoms with van der Waals surface area (Å²) in [5, 5.41) is 0. The molecule has 1 N–H and O–H groups in total. The van der Waals surface area contributed by atoms with Gasteiger partial charge in [0.1, 0.15) is 0 Å². The number of carbonyl (C=O) groups is 1. The Labute approximate surface area is 133 Å². The van der Waals surface area contributed by atoms with Gasteiger partial charge in [0.2, 0.25) is 15.9 Å². The lowest BCUT2D eigenvalue weighted by Gasteiger charge is -2.29. The predicted octanol–water partition coefficient (Wildman–Crippen LogP) is 2.13. The van der Waals surface area contributed by atoms with Gasteiger partial charge in [-0.2, -0.15) is 4.72 Å². The molecular formula is C14H19BrN2O3S. The highest BCUT2D eigenvalue weighted by Gasteiger charge is 2.26. The molecule has 1 atom stereocenters. The highest BCUT2D eigenvalue weighted by molar-refractivity contribution is 9.10. The molecule has 0 aromatic heterocycles. The van der Waals surface area contributed by atoms with Crippen LogP contribution in [0.15, 0.2) is 33.6 Å². The van der Waals surface area contributed by atoms with Crippen molar-refractivity contribution in [1.29, 1.82) is 0 Å². The van der Waals surface area contributed by atoms with E-state index in [1.165, 1.54) is 12.1 Å². The number of piperidine rings is 1. The van der Waals surface area contributed by atoms with Crippen LogP contribution >= 0.6 is 15.9 Å². The first-order chi connectivity index (χ1) is 9.90. The molecule has 1 saturated heterocycles. The van der Waals surface area contributed by atoms with Crippen molar-refractivity contribution in [3.8, 4) is 0 Å². The lowest BCUT2D eigenvalue weighted by Crippen LogP contribution is -2.48. The van der Waals surface area contributed by atoms with Gasteiger partial charge < -0.3 is 4.90 Å². The molecule has 5 nitrogen and oxygen atoms in total. The summed E-state index contributed by atoms with van der Waals surface area (Å²) in [4.78, 5) is 14.1. The van der Waals surface area contributed by atoms with Crippen molar-refractivity contribution in [3.63, 3.8) is 0 Å². The molecule has 1 amide bonds. The fourth-order valence-electron chi connectivity index (χ4n) is 2.35. The quantitative estimate of drug-likeness (QED) is 0.877. The first kappa shape index (κ1) is 16.5. The Morgan fingerprint density at radius 1 is 1.19 bits per heavy atom. The Hall–Kier alpha value is -0.920. The second kappa shape index (κ2) is 6.89. The molecule has 0 saturated carbocycles. The minimum atomic E-state index is -3.68. The fourth-order valence-corrected chi connectivity index (χ4v) is 3.81. The number of carbonyl (C=O) groups excluding carboxylic acids is 1. The number of benzene rings is 1. The minimum Gasteiger partial charge on any atom is -0.341 e. The first-order valence-electron chi connectivity index (χ1n) is 6.97. The summed E-state index contributed by atoms with van der Waals surface area (Å²) in [5.74, 6) is -0.157. The SMILES string of the molecule is C[C@H](NS(=O)(=O)c1ccc(Br)cc1)C(=O)N1CCCCC1. The van der Waals surface area contributed by atoms with E-state index in [4.69, 9.17) is 0 Å². The van der Waals surface area contributed by atoms with Crippen LogP contribution in [0.5, 0.6) is 0 Å². The van der Waals surface area contributed by atoms with Gasteiger partial charge in [-0.3, -0.25) is 4.79 Å². The maximum absolute atomic E-state index is 12.3. The van der Waals surface area contributed by atoms with Crippen molar-refractivity contribution in [3.05, 3.63) is 28.7 Å². The van der Waals surface area contributed by atoms with E-state index in [0.717, 1.165) is 23.7 Å². The average Bonchev–Trinajstić information content (AvgIpc) is 2.47. The normalized spacial score (nSPS) is 17.5. The minimum absolute atomic E-state index is 0.156. The Morgan fingerprint density at radius 3 is 2.33 bits per heavy atom. The smallest absolute Gasteiger partial charge is 0.241 e. The number of likely N-dealkylation sites (tertiary alicyclic amines) is 1. The van der Waals surface area contributed by atoms with Crippen molar-refractivity contribution in [2.75, 3.05) is 13.1 Å². The van der Waals surface area contributed by atoms with Crippen molar-refractivity contribution in [2.24, 2.45) is 0 Å². The molecular weight excluding hydrogens is 356 g/mol. The van der Waals surface area contributed by atoms with Crippen molar-refractivity contribution in [1.82, 2.24) is 9.62 Å². The first-order valence-corrected chi connectivity index (χ1v) is 9.24. The van der Waals surface area contributed by atoms with Gasteiger partial charge in [-0.25, -0.2) is 8.42 Å². The molecule has 0 bridgehead atoms. The standard InChI is InChI=1S/C14H19BrN2O3S/c1-11(14(18)17-9-3-2-4-10-17)16-21(19,20)13-7-5-12(15)6-8-13/h5-8,11,16H,2-4,9-10H2,1H3/t11-/m0/s1. The lowest BCUT2D eigenvalue weighted by atomic mass is 10.1. The molecule has 2 rings (SSSR count). The second-order valence-corrected chi connectivity index (χ2v) is 7.81. The Bertz CT molecular complexity index is 595. The monoisotopic (exact) mass is 374 g/mol. The number of rotatable bonds is 4. The summed E-state index contributed by atoms with van der Waals surface area (Å²) in [7, 11) is -3.68. The van der Waals surface area contributed by atoms with Gasteiger partial charge in [0.25, 0.3) is 0 Å². The maximum atomic E-state index is 12.3. The largest absolute Gasteiger partial charge is 0.341 e. The van der Waals surface area contributed by atoms with Crippen LogP contribution in [0.25, 0.3) is 0 Å². The van der Waals surface area contributed by atoms with E-state index in [1.54, 1.807) is 24.0 Å². The van der Waals surface area contributed by atoms with Gasteiger partial charge in [0, 0.05) is 17.6 Å². The predicted molar refractivity (Wildman–Crippen MR) is 84.4 cm³/mol. The zero-order valence-electron chi connectivity index (χ0n) is 11.9. The van der Waals surface area contributed by atoms with Crippen molar-refractivity contribution >= 4 is 31.9 Å². The van der Waals surface area contributed by atoms with Crippen LogP contribution in [0.2, 0.25) is 0 Å². The van der Waals surface area contributed by atoms with Crippen LogP contribution in [-0.4, -0.2) is 38.4 Å². The van der Waals surface area contributed by atoms with E-state index in [2.05, 4.69) is 20.7 Å². The number of hydrogen-bond donors (Lipinski definition) is 1. The summed E-state index contributed by atoms with van der Waals surface area (Å²) < 4.78 is 27.7. The van der Waals surface area contributed by atoms with E-state index in [-0.39, 0.29) is 10.8 Å². The molecule has 7 heteroatoms. The van der Waals surface area contributed by atoms with E-state index in [0.29, 0.717) is 13.1 Å². The fraction of sp³-hybridized carbons (Fsp3) is 0.500. The third-order valence-electron chi connectivity index (χ3n) is 3.49. The van der Waals surface area contributed by atoms with Crippen molar-refractivity contribution < 1.29 is 13.2 Å². The highest BCUT2D eigenvalue weighted by atomic mass is 79.9. The second-order valence-electron chi connectivity index (χ2n) is 5.18. The number of sulfonamides is 1. The van der Waals surface area contributed by atoms with Gasteiger partial charge in [0.15, 0.2) is 0 Å². The number of nitrogens with zero attached hydrogens (tertiary/aromatic N) is 1. The summed E-state index contributed by atoms with van der Waals surface area (Å²) >= 11 is 3.26. The number of hydrogen-bond acceptors (Lipinski definition) is 3. The molecule has 1 aromatic carbocycles. The molecule has 0 aliphatic carbocycles. The van der Waals surface area contributed by atoms with Crippen LogP contribution in [0.3, 0.4) is 0 Å². The summed E-state index contributed by atoms with van der Waals surface area (Å²) in [6.07, 6.45) is 3.10.